The van der Waals surface area contributed by atoms with Crippen LogP contribution in [-0.2, 0) is 0 Å². The number of furan rings is 1. The van der Waals surface area contributed by atoms with Gasteiger partial charge in [-0.2, -0.15) is 0 Å². The van der Waals surface area contributed by atoms with Crippen LogP contribution in [0.25, 0.3) is 61.2 Å². The van der Waals surface area contributed by atoms with Crippen LogP contribution in [0, 0.1) is 0 Å². The summed E-state index contributed by atoms with van der Waals surface area (Å²) >= 11 is 0. The summed E-state index contributed by atoms with van der Waals surface area (Å²) in [6, 6.07) is 86.0. The Morgan fingerprint density at radius 2 is 0.896 bits per heavy atom. The van der Waals surface area contributed by atoms with Crippen molar-refractivity contribution >= 4 is 55.9 Å². The molecule has 0 fully saturated rings. The van der Waals surface area contributed by atoms with E-state index in [2.05, 4.69) is 247 Å². The van der Waals surface area contributed by atoms with E-state index in [-0.39, 0.29) is 12.1 Å². The Morgan fingerprint density at radius 1 is 0.373 bits per heavy atom. The number of nitrogens with zero attached hydrogens (tertiary/aromatic N) is 1. The molecule has 2 unspecified atom stereocenters. The summed E-state index contributed by atoms with van der Waals surface area (Å²) in [6.07, 6.45) is 2.25. The Hall–Kier alpha value is -8.73. The Morgan fingerprint density at radius 3 is 1.58 bits per heavy atom. The van der Waals surface area contributed by atoms with Gasteiger partial charge in [0, 0.05) is 27.5 Å². The van der Waals surface area contributed by atoms with Gasteiger partial charge in [0.05, 0.1) is 23.5 Å². The lowest BCUT2D eigenvalue weighted by Crippen LogP contribution is -2.31. The van der Waals surface area contributed by atoms with E-state index in [1.54, 1.807) is 0 Å². The lowest BCUT2D eigenvalue weighted by Gasteiger charge is -2.36. The van der Waals surface area contributed by atoms with Crippen molar-refractivity contribution in [2.45, 2.75) is 12.1 Å². The third kappa shape index (κ3) is 7.55. The number of allylic oxidation sites excluding steroid dienone is 2. The molecule has 4 heteroatoms. The van der Waals surface area contributed by atoms with Crippen LogP contribution in [-0.4, -0.2) is 5.84 Å². The third-order valence-corrected chi connectivity index (χ3v) is 13.0. The van der Waals surface area contributed by atoms with E-state index in [9.17, 15) is 0 Å². The summed E-state index contributed by atoms with van der Waals surface area (Å²) in [5.74, 6) is 0.823. The second-order valence-electron chi connectivity index (χ2n) is 17.1. The molecule has 318 valence electrons. The summed E-state index contributed by atoms with van der Waals surface area (Å²) in [5.41, 5.74) is 18.6. The van der Waals surface area contributed by atoms with E-state index >= 15 is 0 Å². The van der Waals surface area contributed by atoms with Gasteiger partial charge in [0.25, 0.3) is 0 Å². The van der Waals surface area contributed by atoms with Gasteiger partial charge in [0.15, 0.2) is 0 Å². The molecule has 0 radical (unpaired) electrons. The van der Waals surface area contributed by atoms with Crippen LogP contribution in [0.15, 0.2) is 258 Å². The number of benzene rings is 9. The highest BCUT2D eigenvalue weighted by molar-refractivity contribution is 6.24. The van der Waals surface area contributed by atoms with Gasteiger partial charge in [-0.1, -0.05) is 237 Å². The van der Waals surface area contributed by atoms with Crippen LogP contribution >= 0.6 is 0 Å². The van der Waals surface area contributed by atoms with Crippen molar-refractivity contribution in [3.05, 3.63) is 293 Å². The molecule has 0 saturated carbocycles. The fourth-order valence-electron chi connectivity index (χ4n) is 9.82. The molecular weight excluding hydrogens is 815 g/mol. The normalized spacial score (nSPS) is 16.1. The summed E-state index contributed by atoms with van der Waals surface area (Å²) < 4.78 is 6.41. The molecule has 10 aromatic rings. The summed E-state index contributed by atoms with van der Waals surface area (Å²) in [4.78, 5) is 5.37. The van der Waals surface area contributed by atoms with Gasteiger partial charge in [-0.25, -0.2) is 4.99 Å². The van der Waals surface area contributed by atoms with Gasteiger partial charge in [-0.05, 0) is 67.8 Å². The van der Waals surface area contributed by atoms with E-state index in [0.29, 0.717) is 0 Å². The first-order valence-corrected chi connectivity index (χ1v) is 22.9. The molecule has 4 nitrogen and oxygen atoms in total. The summed E-state index contributed by atoms with van der Waals surface area (Å²) in [6.45, 7) is 0. The lowest BCUT2D eigenvalue weighted by molar-refractivity contribution is 0.670. The van der Waals surface area contributed by atoms with Crippen molar-refractivity contribution in [1.82, 2.24) is 10.6 Å². The molecule has 3 heterocycles. The van der Waals surface area contributed by atoms with Crippen LogP contribution in [0.3, 0.4) is 0 Å². The van der Waals surface area contributed by atoms with Crippen LogP contribution < -0.4 is 10.6 Å². The second-order valence-corrected chi connectivity index (χ2v) is 17.1. The van der Waals surface area contributed by atoms with E-state index in [1.807, 2.05) is 12.1 Å². The first-order valence-electron chi connectivity index (χ1n) is 22.9. The molecule has 0 amide bonds. The van der Waals surface area contributed by atoms with Crippen molar-refractivity contribution in [2.75, 3.05) is 0 Å². The second kappa shape index (κ2) is 17.3. The standard InChI is InChI=1S/C63H45N3O/c1-6-19-43(20-7-1)54-41-55(65-63(64-54)50-39-33-42(34-40-50)51-30-18-31-53-52-29-16-17-32-56(52)67-62(51)53)44-35-37-47(38-36-44)57-58(45-21-8-2-9-22-45)60(48-25-12-4-13-26-48)66-61(49-27-14-5-15-28-49)59(57)46-23-10-3-11-24-46/h1-41,54,60,66H,(H,64,65). The molecule has 2 atom stereocenters. The number of hydrogen-bond acceptors (Lipinski definition) is 4. The number of aliphatic imine (C=N–C) groups is 1. The lowest BCUT2D eigenvalue weighted by atomic mass is 9.77. The Kier molecular flexibility index (Phi) is 10.3. The van der Waals surface area contributed by atoms with Crippen molar-refractivity contribution in [2.24, 2.45) is 4.99 Å². The van der Waals surface area contributed by atoms with E-state index in [4.69, 9.17) is 9.41 Å². The minimum absolute atomic E-state index is 0.0863. The zero-order chi connectivity index (χ0) is 44.5. The SMILES string of the molecule is C1=C(c2ccc(C3=C(c4ccccc4)C(c4ccccc4)NC(c4ccccc4)=C3c3ccccc3)cc2)N=C(c2ccc(-c3cccc4c3oc3ccccc34)cc2)NC1c1ccccc1. The summed E-state index contributed by atoms with van der Waals surface area (Å²) in [5, 5.41) is 10.1. The maximum absolute atomic E-state index is 6.41. The quantitative estimate of drug-likeness (QED) is 0.152. The predicted octanol–water partition coefficient (Wildman–Crippen LogP) is 15.2. The fraction of sp³-hybridized carbons (Fsp3) is 0.0317. The van der Waals surface area contributed by atoms with E-state index in [0.717, 1.165) is 83.7 Å². The Balaban J connectivity index is 0.985. The fourth-order valence-corrected chi connectivity index (χ4v) is 9.82. The number of fused-ring (bicyclic) bond motifs is 3. The average Bonchev–Trinajstić information content (AvgIpc) is 3.81. The zero-order valence-electron chi connectivity index (χ0n) is 36.7. The predicted molar refractivity (Wildman–Crippen MR) is 278 cm³/mol. The maximum atomic E-state index is 6.41. The van der Waals surface area contributed by atoms with Crippen LogP contribution in [0.4, 0.5) is 0 Å². The van der Waals surface area contributed by atoms with Gasteiger partial charge in [0.1, 0.15) is 17.0 Å². The minimum Gasteiger partial charge on any atom is -0.455 e. The molecule has 0 spiro atoms. The Labute approximate surface area is 390 Å². The number of amidine groups is 1. The topological polar surface area (TPSA) is 49.6 Å². The molecule has 67 heavy (non-hydrogen) atoms. The van der Waals surface area contributed by atoms with E-state index < -0.39 is 0 Å². The van der Waals surface area contributed by atoms with Crippen molar-refractivity contribution in [3.8, 4) is 11.1 Å². The monoisotopic (exact) mass is 859 g/mol. The van der Waals surface area contributed by atoms with Crippen molar-refractivity contribution in [3.63, 3.8) is 0 Å². The first kappa shape index (κ1) is 39.8. The largest absolute Gasteiger partial charge is 0.455 e. The third-order valence-electron chi connectivity index (χ3n) is 13.0. The van der Waals surface area contributed by atoms with Crippen molar-refractivity contribution in [1.29, 1.82) is 0 Å². The summed E-state index contributed by atoms with van der Waals surface area (Å²) in [7, 11) is 0. The Bertz CT molecular complexity index is 3520. The molecule has 0 aliphatic carbocycles. The van der Waals surface area contributed by atoms with Gasteiger partial charge < -0.3 is 15.1 Å². The van der Waals surface area contributed by atoms with Gasteiger partial charge in [0.2, 0.25) is 0 Å². The minimum atomic E-state index is -0.120. The average molecular weight is 860 g/mol. The molecule has 9 aromatic carbocycles. The number of para-hydroxylation sites is 2. The molecular formula is C63H45N3O. The number of hydrogen-bond donors (Lipinski definition) is 2. The first-order chi connectivity index (χ1) is 33.2. The highest BCUT2D eigenvalue weighted by atomic mass is 16.3. The zero-order valence-corrected chi connectivity index (χ0v) is 36.7. The van der Waals surface area contributed by atoms with E-state index in [1.165, 1.54) is 27.8 Å². The molecule has 2 aliphatic heterocycles. The van der Waals surface area contributed by atoms with Gasteiger partial charge >= 0.3 is 0 Å². The van der Waals surface area contributed by atoms with Crippen molar-refractivity contribution < 1.29 is 4.42 Å². The molecule has 0 saturated heterocycles. The van der Waals surface area contributed by atoms with Gasteiger partial charge in [-0.3, -0.25) is 0 Å². The number of dihydropyridines is 1. The number of rotatable bonds is 9. The van der Waals surface area contributed by atoms with Crippen LogP contribution in [0.1, 0.15) is 56.6 Å². The highest BCUT2D eigenvalue weighted by Crippen LogP contribution is 2.50. The van der Waals surface area contributed by atoms with Gasteiger partial charge in [-0.15, -0.1) is 0 Å². The number of nitrogens with one attached hydrogen (secondary N) is 2. The molecule has 0 bridgehead atoms. The maximum Gasteiger partial charge on any atom is 0.143 e. The molecule has 2 N–H and O–H groups in total. The molecule has 12 rings (SSSR count). The van der Waals surface area contributed by atoms with Crippen LogP contribution in [0.5, 0.6) is 0 Å². The molecule has 1 aromatic heterocycles. The highest BCUT2D eigenvalue weighted by Gasteiger charge is 2.33. The van der Waals surface area contributed by atoms with Crippen LogP contribution in [0.2, 0.25) is 0 Å². The smallest absolute Gasteiger partial charge is 0.143 e. The molecule has 2 aliphatic rings.